The van der Waals surface area contributed by atoms with Crippen molar-refractivity contribution in [1.82, 2.24) is 14.8 Å². The Morgan fingerprint density at radius 3 is 2.48 bits per heavy atom. The Bertz CT molecular complexity index is 1410. The zero-order chi connectivity index (χ0) is 30.4. The highest BCUT2D eigenvalue weighted by Gasteiger charge is 2.35. The molecule has 0 saturated carbocycles. The summed E-state index contributed by atoms with van der Waals surface area (Å²) in [4.78, 5) is 33.9. The van der Waals surface area contributed by atoms with Gasteiger partial charge in [0.15, 0.2) is 0 Å². The maximum Gasteiger partial charge on any atom is 0.416 e. The number of amides is 3. The van der Waals surface area contributed by atoms with Gasteiger partial charge in [-0.2, -0.15) is 13.2 Å². The first-order chi connectivity index (χ1) is 20.0. The van der Waals surface area contributed by atoms with Crippen LogP contribution in [-0.4, -0.2) is 70.7 Å². The monoisotopic (exact) mass is 582 g/mol. The number of carbonyl (C=O) groups is 2. The topological polar surface area (TPSA) is 95.0 Å². The highest BCUT2D eigenvalue weighted by molar-refractivity contribution is 5.97. The Hall–Kier alpha value is -4.38. The second-order valence-electron chi connectivity index (χ2n) is 10.4. The fraction of sp³-hybridized carbons (Fsp3) is 0.323. The lowest BCUT2D eigenvalue weighted by atomic mass is 10.00. The van der Waals surface area contributed by atoms with E-state index in [1.165, 1.54) is 17.0 Å². The Morgan fingerprint density at radius 2 is 1.83 bits per heavy atom. The number of rotatable bonds is 7. The van der Waals surface area contributed by atoms with Crippen LogP contribution in [-0.2, 0) is 6.18 Å². The molecule has 2 N–H and O–H groups in total. The second-order valence-corrected chi connectivity index (χ2v) is 10.4. The van der Waals surface area contributed by atoms with Crippen molar-refractivity contribution in [2.45, 2.75) is 32.2 Å². The van der Waals surface area contributed by atoms with E-state index in [1.807, 2.05) is 49.4 Å². The van der Waals surface area contributed by atoms with Gasteiger partial charge in [0.2, 0.25) is 5.88 Å². The molecule has 0 aliphatic carbocycles. The number of halogens is 3. The van der Waals surface area contributed by atoms with Crippen LogP contribution in [0.3, 0.4) is 0 Å². The van der Waals surface area contributed by atoms with Gasteiger partial charge in [-0.05, 0) is 48.4 Å². The minimum Gasteiger partial charge on any atom is -0.472 e. The summed E-state index contributed by atoms with van der Waals surface area (Å²) in [5, 5.41) is 12.5. The molecule has 3 aromatic rings. The molecule has 0 bridgehead atoms. The third kappa shape index (κ3) is 7.47. The minimum absolute atomic E-state index is 0.0972. The Labute approximate surface area is 242 Å². The van der Waals surface area contributed by atoms with Crippen LogP contribution in [0.4, 0.5) is 23.7 Å². The number of likely N-dealkylation sites (N-methyl/N-ethyl adjacent to an activating group) is 1. The first-order valence-electron chi connectivity index (χ1n) is 13.5. The summed E-state index contributed by atoms with van der Waals surface area (Å²) >= 11 is 0. The molecule has 0 saturated heterocycles. The molecule has 222 valence electrons. The van der Waals surface area contributed by atoms with E-state index in [0.29, 0.717) is 5.56 Å². The van der Waals surface area contributed by atoms with Crippen molar-refractivity contribution >= 4 is 29.8 Å². The van der Waals surface area contributed by atoms with Crippen molar-refractivity contribution in [3.8, 4) is 5.88 Å². The zero-order valence-corrected chi connectivity index (χ0v) is 23.5. The van der Waals surface area contributed by atoms with E-state index in [0.717, 1.165) is 17.7 Å². The van der Waals surface area contributed by atoms with Crippen LogP contribution in [0, 0.1) is 5.92 Å². The van der Waals surface area contributed by atoms with E-state index >= 15 is 0 Å². The summed E-state index contributed by atoms with van der Waals surface area (Å²) in [6, 6.07) is 14.5. The molecule has 1 aromatic heterocycles. The van der Waals surface area contributed by atoms with Crippen molar-refractivity contribution in [3.05, 3.63) is 89.1 Å². The molecule has 3 atom stereocenters. The Balaban J connectivity index is 1.55. The third-order valence-corrected chi connectivity index (χ3v) is 7.07. The lowest BCUT2D eigenvalue weighted by Crippen LogP contribution is -2.50. The molecular formula is C31H33F3N4O4. The van der Waals surface area contributed by atoms with E-state index in [9.17, 15) is 27.9 Å². The molecule has 0 unspecified atom stereocenters. The van der Waals surface area contributed by atoms with Crippen molar-refractivity contribution < 1.29 is 32.6 Å². The largest absolute Gasteiger partial charge is 0.472 e. The van der Waals surface area contributed by atoms with Crippen LogP contribution in [0.25, 0.3) is 12.2 Å². The number of aliphatic hydroxyl groups is 1. The summed E-state index contributed by atoms with van der Waals surface area (Å²) < 4.78 is 44.9. The van der Waals surface area contributed by atoms with Crippen molar-refractivity contribution in [1.29, 1.82) is 0 Å². The molecule has 42 heavy (non-hydrogen) atoms. The number of hydrogen-bond acceptors (Lipinski definition) is 5. The number of aliphatic hydroxyl groups excluding tert-OH is 1. The lowest BCUT2D eigenvalue weighted by Gasteiger charge is -2.37. The van der Waals surface area contributed by atoms with Crippen molar-refractivity contribution in [3.63, 3.8) is 0 Å². The summed E-state index contributed by atoms with van der Waals surface area (Å²) in [5.41, 5.74) is 1.30. The van der Waals surface area contributed by atoms with Crippen LogP contribution in [0.1, 0.15) is 40.9 Å². The molecule has 0 fully saturated rings. The second kappa shape index (κ2) is 13.1. The Morgan fingerprint density at radius 1 is 1.17 bits per heavy atom. The number of anilines is 1. The van der Waals surface area contributed by atoms with E-state index in [1.54, 1.807) is 31.1 Å². The molecule has 3 amide bonds. The van der Waals surface area contributed by atoms with Crippen LogP contribution < -0.4 is 10.1 Å². The molecular weight excluding hydrogens is 549 g/mol. The quantitative estimate of drug-likeness (QED) is 0.375. The molecule has 0 radical (unpaired) electrons. The maximum atomic E-state index is 13.6. The van der Waals surface area contributed by atoms with Crippen LogP contribution in [0.5, 0.6) is 5.88 Å². The summed E-state index contributed by atoms with van der Waals surface area (Å²) in [7, 11) is 1.54. The Kier molecular flexibility index (Phi) is 9.52. The number of carbonyl (C=O) groups excluding carboxylic acids is 2. The lowest BCUT2D eigenvalue weighted by molar-refractivity contribution is -0.137. The van der Waals surface area contributed by atoms with Crippen molar-refractivity contribution in [2.24, 2.45) is 5.92 Å². The molecule has 4 rings (SSSR count). The number of ether oxygens (including phenoxy) is 1. The zero-order valence-electron chi connectivity index (χ0n) is 23.5. The predicted molar refractivity (Wildman–Crippen MR) is 154 cm³/mol. The van der Waals surface area contributed by atoms with Crippen LogP contribution in [0.2, 0.25) is 0 Å². The normalized spacial score (nSPS) is 18.1. The number of fused-ring (bicyclic) bond motifs is 1. The highest BCUT2D eigenvalue weighted by Crippen LogP contribution is 2.30. The molecule has 1 aliphatic rings. The van der Waals surface area contributed by atoms with Gasteiger partial charge in [0.05, 0.1) is 24.8 Å². The van der Waals surface area contributed by atoms with Gasteiger partial charge in [0.25, 0.3) is 5.91 Å². The fourth-order valence-electron chi connectivity index (χ4n) is 4.50. The molecule has 2 aromatic carbocycles. The summed E-state index contributed by atoms with van der Waals surface area (Å²) in [5.74, 6) is -0.482. The number of pyridine rings is 1. The fourth-order valence-corrected chi connectivity index (χ4v) is 4.50. The van der Waals surface area contributed by atoms with Crippen LogP contribution in [0.15, 0.2) is 66.9 Å². The average molecular weight is 583 g/mol. The van der Waals surface area contributed by atoms with Crippen molar-refractivity contribution in [2.75, 3.05) is 32.1 Å². The number of hydrogen-bond donors (Lipinski definition) is 2. The van der Waals surface area contributed by atoms with Gasteiger partial charge in [-0.3, -0.25) is 4.79 Å². The van der Waals surface area contributed by atoms with Gasteiger partial charge in [-0.1, -0.05) is 49.4 Å². The van der Waals surface area contributed by atoms with E-state index in [-0.39, 0.29) is 48.7 Å². The number of aromatic nitrogens is 1. The van der Waals surface area contributed by atoms with E-state index in [2.05, 4.69) is 10.3 Å². The average Bonchev–Trinajstić information content (AvgIpc) is 2.97. The van der Waals surface area contributed by atoms with E-state index < -0.39 is 29.9 Å². The summed E-state index contributed by atoms with van der Waals surface area (Å²) in [6.07, 6.45) is 0.272. The smallest absolute Gasteiger partial charge is 0.416 e. The van der Waals surface area contributed by atoms with Gasteiger partial charge in [-0.15, -0.1) is 0 Å². The minimum atomic E-state index is -4.48. The number of benzene rings is 2. The SMILES string of the molecule is C[C@H]1CN([C@@H](C)CO)C(=O)c2cc(C=Cc3ccccc3)cnc2O[C@H]1CN(C)C(=O)Nc1ccc(C(F)(F)F)cc1. The maximum absolute atomic E-state index is 13.6. The van der Waals surface area contributed by atoms with Gasteiger partial charge in [0.1, 0.15) is 11.7 Å². The predicted octanol–water partition coefficient (Wildman–Crippen LogP) is 5.65. The first kappa shape index (κ1) is 30.6. The molecule has 0 spiro atoms. The number of alkyl halides is 3. The number of nitrogens with one attached hydrogen (secondary N) is 1. The number of nitrogens with zero attached hydrogens (tertiary/aromatic N) is 3. The first-order valence-corrected chi connectivity index (χ1v) is 13.5. The number of urea groups is 1. The molecule has 2 heterocycles. The van der Waals surface area contributed by atoms with Gasteiger partial charge < -0.3 is 25.0 Å². The van der Waals surface area contributed by atoms with Gasteiger partial charge in [-0.25, -0.2) is 9.78 Å². The molecule has 11 heteroatoms. The molecule has 1 aliphatic heterocycles. The molecule has 8 nitrogen and oxygen atoms in total. The van der Waals surface area contributed by atoms with Gasteiger partial charge in [0, 0.05) is 31.4 Å². The van der Waals surface area contributed by atoms with E-state index in [4.69, 9.17) is 4.74 Å². The highest BCUT2D eigenvalue weighted by atomic mass is 19.4. The van der Waals surface area contributed by atoms with Gasteiger partial charge >= 0.3 is 12.2 Å². The standard InChI is InChI=1S/C31H33F3N4O4/c1-20-17-38(21(2)19-39)29(40)26-15-23(10-9-22-7-5-4-6-8-22)16-35-28(26)42-27(20)18-37(3)30(41)36-25-13-11-24(12-14-25)31(32,33)34/h4-16,20-21,27,39H,17-19H2,1-3H3,(H,36,41)/t20-,21-,27-/m0/s1. The third-order valence-electron chi connectivity index (χ3n) is 7.07. The summed E-state index contributed by atoms with van der Waals surface area (Å²) in [6.45, 7) is 3.73. The van der Waals surface area contributed by atoms with Crippen LogP contribution >= 0.6 is 0 Å².